The number of carbonyl (C=O) groups is 1. The van der Waals surface area contributed by atoms with Crippen LogP contribution in [0.1, 0.15) is 32.2 Å². The second-order valence-electron chi connectivity index (χ2n) is 7.06. The Morgan fingerprint density at radius 1 is 1.17 bits per heavy atom. The number of hydrogen-bond donors (Lipinski definition) is 1. The van der Waals surface area contributed by atoms with Gasteiger partial charge < -0.3 is 5.32 Å². The van der Waals surface area contributed by atoms with Crippen molar-refractivity contribution in [1.82, 2.24) is 20.0 Å². The van der Waals surface area contributed by atoms with Gasteiger partial charge in [-0.05, 0) is 41.0 Å². The number of fused-ring (bicyclic) bond motifs is 1. The Morgan fingerprint density at radius 3 is 2.97 bits per heavy atom. The molecule has 0 bridgehead atoms. The van der Waals surface area contributed by atoms with Crippen molar-refractivity contribution in [3.8, 4) is 10.6 Å². The largest absolute Gasteiger partial charge is 0.321 e. The van der Waals surface area contributed by atoms with Gasteiger partial charge in [0, 0.05) is 37.1 Å². The van der Waals surface area contributed by atoms with Gasteiger partial charge in [-0.25, -0.2) is 0 Å². The average Bonchev–Trinajstić information content (AvgIpc) is 3.48. The fourth-order valence-corrected chi connectivity index (χ4v) is 4.27. The van der Waals surface area contributed by atoms with E-state index in [1.807, 2.05) is 30.5 Å². The van der Waals surface area contributed by atoms with E-state index in [0.717, 1.165) is 28.5 Å². The highest BCUT2D eigenvalue weighted by atomic mass is 32.1. The third kappa shape index (κ3) is 3.65. The van der Waals surface area contributed by atoms with Gasteiger partial charge >= 0.3 is 0 Å². The molecule has 2 aromatic carbocycles. The fourth-order valence-electron chi connectivity index (χ4n) is 3.40. The summed E-state index contributed by atoms with van der Waals surface area (Å²) < 4.78 is 1.54. The molecular weight excluding hydrogens is 396 g/mol. The Hall–Kier alpha value is -3.65. The summed E-state index contributed by atoms with van der Waals surface area (Å²) in [4.78, 5) is 16.7. The number of aryl methyl sites for hydroxylation is 1. The summed E-state index contributed by atoms with van der Waals surface area (Å²) in [5.41, 5.74) is 5.77. The molecule has 0 radical (unpaired) electrons. The van der Waals surface area contributed by atoms with Crippen molar-refractivity contribution in [2.45, 2.75) is 13.0 Å². The summed E-state index contributed by atoms with van der Waals surface area (Å²) in [5, 5.41) is 17.4. The highest BCUT2D eigenvalue weighted by molar-refractivity contribution is 7.14. The number of amides is 1. The van der Waals surface area contributed by atoms with Crippen LogP contribution >= 0.6 is 11.3 Å². The quantitative estimate of drug-likeness (QED) is 0.539. The van der Waals surface area contributed by atoms with E-state index in [1.165, 1.54) is 16.7 Å². The molecule has 3 heterocycles. The molecule has 1 aliphatic heterocycles. The lowest BCUT2D eigenvalue weighted by atomic mass is 10.0. The van der Waals surface area contributed by atoms with Crippen LogP contribution in [0.25, 0.3) is 10.6 Å². The number of benzene rings is 2. The predicted octanol–water partition coefficient (Wildman–Crippen LogP) is 3.71. The van der Waals surface area contributed by atoms with E-state index in [9.17, 15) is 4.79 Å². The van der Waals surface area contributed by atoms with Crippen molar-refractivity contribution in [1.29, 1.82) is 0 Å². The first-order chi connectivity index (χ1) is 14.7. The molecule has 0 spiro atoms. The molecule has 2 aromatic heterocycles. The van der Waals surface area contributed by atoms with Crippen LogP contribution in [0.4, 0.5) is 5.69 Å². The number of carbonyl (C=O) groups excluding carboxylic acids is 1. The van der Waals surface area contributed by atoms with Gasteiger partial charge in [-0.15, -0.1) is 10.2 Å². The third-order valence-corrected chi connectivity index (χ3v) is 5.92. The van der Waals surface area contributed by atoms with Crippen molar-refractivity contribution in [3.05, 3.63) is 82.1 Å². The zero-order chi connectivity index (χ0) is 20.5. The first kappa shape index (κ1) is 18.4. The summed E-state index contributed by atoms with van der Waals surface area (Å²) in [6.45, 7) is 0.770. The first-order valence-corrected chi connectivity index (χ1v) is 10.3. The van der Waals surface area contributed by atoms with Crippen LogP contribution in [0.15, 0.2) is 59.7 Å². The summed E-state index contributed by atoms with van der Waals surface area (Å²) >= 11 is 1.56. The smallest absolute Gasteiger partial charge is 0.273 e. The number of aliphatic imine (C=N–C) groups is 1. The van der Waals surface area contributed by atoms with Gasteiger partial charge in [0.1, 0.15) is 15.7 Å². The van der Waals surface area contributed by atoms with E-state index in [-0.39, 0.29) is 5.91 Å². The summed E-state index contributed by atoms with van der Waals surface area (Å²) in [6, 6.07) is 15.7. The van der Waals surface area contributed by atoms with Crippen molar-refractivity contribution < 1.29 is 4.79 Å². The zero-order valence-electron chi connectivity index (χ0n) is 16.2. The molecule has 7 nitrogen and oxygen atoms in total. The van der Waals surface area contributed by atoms with E-state index in [1.54, 1.807) is 35.3 Å². The molecule has 0 unspecified atom stereocenters. The molecule has 30 heavy (non-hydrogen) atoms. The Labute approximate surface area is 177 Å². The number of nitrogens with one attached hydrogen (secondary N) is 1. The number of nitrogens with zero attached hydrogens (tertiary/aromatic N) is 5. The molecule has 5 rings (SSSR count). The zero-order valence-corrected chi connectivity index (χ0v) is 17.1. The van der Waals surface area contributed by atoms with Crippen LogP contribution in [0.5, 0.6) is 0 Å². The van der Waals surface area contributed by atoms with Crippen LogP contribution in [0.2, 0.25) is 0 Å². The molecule has 0 saturated carbocycles. The van der Waals surface area contributed by atoms with E-state index in [4.69, 9.17) is 0 Å². The Bertz CT molecular complexity index is 1270. The van der Waals surface area contributed by atoms with Crippen LogP contribution in [0.3, 0.4) is 0 Å². The molecule has 0 fully saturated rings. The maximum Gasteiger partial charge on any atom is 0.273 e. The number of aromatic nitrogens is 4. The normalized spacial score (nSPS) is 12.2. The van der Waals surface area contributed by atoms with Crippen LogP contribution in [0, 0.1) is 0 Å². The minimum atomic E-state index is -0.203. The predicted molar refractivity (Wildman–Crippen MR) is 117 cm³/mol. The van der Waals surface area contributed by atoms with E-state index >= 15 is 0 Å². The lowest BCUT2D eigenvalue weighted by Gasteiger charge is -2.06. The second-order valence-corrected chi connectivity index (χ2v) is 8.12. The molecule has 0 aliphatic carbocycles. The summed E-state index contributed by atoms with van der Waals surface area (Å²) in [5.74, 6) is -0.203. The van der Waals surface area contributed by atoms with E-state index in [0.29, 0.717) is 11.4 Å². The minimum Gasteiger partial charge on any atom is -0.321 e. The van der Waals surface area contributed by atoms with E-state index < -0.39 is 0 Å². The van der Waals surface area contributed by atoms with Crippen molar-refractivity contribution in [2.75, 3.05) is 5.32 Å². The monoisotopic (exact) mass is 414 g/mol. The van der Waals surface area contributed by atoms with Gasteiger partial charge in [-0.1, -0.05) is 35.6 Å². The molecule has 1 aliphatic rings. The van der Waals surface area contributed by atoms with Gasteiger partial charge in [0.25, 0.3) is 5.91 Å². The number of hydrogen-bond acceptors (Lipinski definition) is 6. The lowest BCUT2D eigenvalue weighted by molar-refractivity contribution is 0.101. The van der Waals surface area contributed by atoms with Gasteiger partial charge in [0.2, 0.25) is 0 Å². The van der Waals surface area contributed by atoms with Gasteiger partial charge in [-0.2, -0.15) is 5.10 Å². The standard InChI is InChI=1S/C22H18N6OS/c1-28-19(7-8-24-28)21(29)25-18-4-2-3-15(11-18)22-27-26-20(30-22)10-14-5-6-16-12-23-13-17(16)9-14/h2-9,11,13H,10,12H2,1H3,(H,25,29). The third-order valence-electron chi connectivity index (χ3n) is 4.95. The molecule has 148 valence electrons. The van der Waals surface area contributed by atoms with Crippen molar-refractivity contribution >= 4 is 29.1 Å². The average molecular weight is 414 g/mol. The summed E-state index contributed by atoms with van der Waals surface area (Å²) in [7, 11) is 1.74. The molecule has 0 saturated heterocycles. The molecule has 8 heteroatoms. The number of anilines is 1. The van der Waals surface area contributed by atoms with Crippen LogP contribution in [-0.2, 0) is 20.0 Å². The Kier molecular flexibility index (Phi) is 4.68. The van der Waals surface area contributed by atoms with Gasteiger partial charge in [0.05, 0.1) is 6.54 Å². The number of rotatable bonds is 5. The summed E-state index contributed by atoms with van der Waals surface area (Å²) in [6.07, 6.45) is 4.26. The SMILES string of the molecule is Cn1nccc1C(=O)Nc1cccc(-c2nnc(Cc3ccc4c(c3)C=NC4)s2)c1. The molecule has 1 N–H and O–H groups in total. The van der Waals surface area contributed by atoms with Gasteiger partial charge in [-0.3, -0.25) is 14.5 Å². The molecule has 0 atom stereocenters. The second kappa shape index (κ2) is 7.64. The topological polar surface area (TPSA) is 85.1 Å². The van der Waals surface area contributed by atoms with Crippen LogP contribution in [-0.4, -0.2) is 32.1 Å². The molecular formula is C22H18N6OS. The molecule has 4 aromatic rings. The lowest BCUT2D eigenvalue weighted by Crippen LogP contribution is -2.16. The maximum atomic E-state index is 12.4. The van der Waals surface area contributed by atoms with Crippen molar-refractivity contribution in [3.63, 3.8) is 0 Å². The van der Waals surface area contributed by atoms with Crippen molar-refractivity contribution in [2.24, 2.45) is 12.0 Å². The fraction of sp³-hybridized carbons (Fsp3) is 0.136. The molecule has 1 amide bonds. The minimum absolute atomic E-state index is 0.203. The Morgan fingerprint density at radius 2 is 2.10 bits per heavy atom. The first-order valence-electron chi connectivity index (χ1n) is 9.49. The Balaban J connectivity index is 1.32. The van der Waals surface area contributed by atoms with Gasteiger partial charge in [0.15, 0.2) is 0 Å². The maximum absolute atomic E-state index is 12.4. The highest BCUT2D eigenvalue weighted by Crippen LogP contribution is 2.28. The van der Waals surface area contributed by atoms with E-state index in [2.05, 4.69) is 43.8 Å². The highest BCUT2D eigenvalue weighted by Gasteiger charge is 2.13. The van der Waals surface area contributed by atoms with Crippen LogP contribution < -0.4 is 5.32 Å².